The van der Waals surface area contributed by atoms with Gasteiger partial charge in [0, 0.05) is 25.3 Å². The molecule has 4 rings (SSSR count). The number of halogens is 1. The molecule has 0 saturated heterocycles. The fourth-order valence-electron chi connectivity index (χ4n) is 3.81. The molecule has 1 heterocycles. The molecule has 0 bridgehead atoms. The zero-order chi connectivity index (χ0) is 25.7. The minimum Gasteiger partial charge on any atom is -0.380 e. The summed E-state index contributed by atoms with van der Waals surface area (Å²) in [6.07, 6.45) is 0. The number of hydrogen-bond donors (Lipinski definition) is 0. The summed E-state index contributed by atoms with van der Waals surface area (Å²) in [7, 11) is -3.79. The third-order valence-electron chi connectivity index (χ3n) is 5.53. The van der Waals surface area contributed by atoms with E-state index in [1.54, 1.807) is 37.3 Å². The maximum absolute atomic E-state index is 13.2. The molecule has 7 nitrogen and oxygen atoms in total. The number of para-hydroxylation sites is 2. The summed E-state index contributed by atoms with van der Waals surface area (Å²) in [6, 6.07) is 20.3. The Bertz CT molecular complexity index is 1530. The summed E-state index contributed by atoms with van der Waals surface area (Å²) < 4.78 is 36.1. The summed E-state index contributed by atoms with van der Waals surface area (Å²) in [5, 5.41) is 0.572. The summed E-state index contributed by atoms with van der Waals surface area (Å²) in [5.41, 5.74) is 1.67. The highest BCUT2D eigenvalue weighted by molar-refractivity contribution is 7.92. The summed E-state index contributed by atoms with van der Waals surface area (Å²) >= 11 is 7.81. The van der Waals surface area contributed by atoms with Crippen molar-refractivity contribution in [2.24, 2.45) is 4.99 Å². The molecule has 188 valence electrons. The predicted octanol–water partition coefficient (Wildman–Crippen LogP) is 5.35. The van der Waals surface area contributed by atoms with E-state index in [9.17, 15) is 13.2 Å². The number of benzene rings is 3. The van der Waals surface area contributed by atoms with Crippen LogP contribution in [-0.4, -0.2) is 38.7 Å². The molecule has 0 aliphatic carbocycles. The average Bonchev–Trinajstić information content (AvgIpc) is 3.23. The third kappa shape index (κ3) is 5.39. The van der Waals surface area contributed by atoms with Crippen LogP contribution in [0, 0.1) is 0 Å². The molecule has 0 fully saturated rings. The number of thiazole rings is 1. The predicted molar refractivity (Wildman–Crippen MR) is 144 cm³/mol. The smallest absolute Gasteiger partial charge is 0.279 e. The van der Waals surface area contributed by atoms with Crippen LogP contribution in [0.1, 0.15) is 24.2 Å². The lowest BCUT2D eigenvalue weighted by molar-refractivity contribution is 0.0996. The van der Waals surface area contributed by atoms with Crippen LogP contribution in [0.15, 0.2) is 82.7 Å². The fourth-order valence-corrected chi connectivity index (χ4v) is 6.70. The number of hydrogen-bond acceptors (Lipinski definition) is 5. The second kappa shape index (κ2) is 11.4. The Kier molecular flexibility index (Phi) is 8.25. The van der Waals surface area contributed by atoms with Gasteiger partial charge in [0.05, 0.1) is 32.4 Å². The normalized spacial score (nSPS) is 12.2. The van der Waals surface area contributed by atoms with Crippen molar-refractivity contribution in [2.45, 2.75) is 25.3 Å². The van der Waals surface area contributed by atoms with E-state index in [1.165, 1.54) is 39.9 Å². The summed E-state index contributed by atoms with van der Waals surface area (Å²) in [5.74, 6) is -0.470. The Labute approximate surface area is 219 Å². The molecule has 0 N–H and O–H groups in total. The molecule has 0 aliphatic rings. The summed E-state index contributed by atoms with van der Waals surface area (Å²) in [6.45, 7) is 5.50. The first-order chi connectivity index (χ1) is 17.4. The van der Waals surface area contributed by atoms with Crippen molar-refractivity contribution in [1.29, 1.82) is 0 Å². The topological polar surface area (TPSA) is 81.0 Å². The van der Waals surface area contributed by atoms with Gasteiger partial charge in [0.1, 0.15) is 0 Å². The molecular weight excluding hydrogens is 518 g/mol. The zero-order valence-electron chi connectivity index (χ0n) is 19.9. The van der Waals surface area contributed by atoms with Crippen LogP contribution in [0.25, 0.3) is 10.2 Å². The van der Waals surface area contributed by atoms with Crippen LogP contribution in [0.2, 0.25) is 5.02 Å². The standard InChI is InChI=1S/C26H26ClN3O4S2/c1-3-30(20-9-6-5-7-10-20)36(32,33)21-15-13-19(14-16-21)25(31)28-26-29(17-18-34-4-2)24-22(27)11-8-12-23(24)35-26/h5-16H,3-4,17-18H2,1-2H3. The Hall–Kier alpha value is -2.98. The van der Waals surface area contributed by atoms with Crippen molar-refractivity contribution in [3.63, 3.8) is 0 Å². The van der Waals surface area contributed by atoms with Crippen molar-refractivity contribution in [1.82, 2.24) is 4.57 Å². The molecule has 1 amide bonds. The first-order valence-electron chi connectivity index (χ1n) is 11.5. The number of ether oxygens (including phenoxy) is 1. The number of anilines is 1. The number of amides is 1. The molecular formula is C26H26ClN3O4S2. The van der Waals surface area contributed by atoms with Crippen LogP contribution in [0.5, 0.6) is 0 Å². The van der Waals surface area contributed by atoms with Gasteiger partial charge in [0.15, 0.2) is 4.80 Å². The van der Waals surface area contributed by atoms with E-state index < -0.39 is 15.9 Å². The number of nitrogens with zero attached hydrogens (tertiary/aromatic N) is 3. The van der Waals surface area contributed by atoms with Gasteiger partial charge in [-0.05, 0) is 62.4 Å². The average molecular weight is 544 g/mol. The molecule has 0 unspecified atom stereocenters. The van der Waals surface area contributed by atoms with Crippen LogP contribution in [0.3, 0.4) is 0 Å². The maximum atomic E-state index is 13.2. The van der Waals surface area contributed by atoms with Gasteiger partial charge in [-0.25, -0.2) is 8.42 Å². The SMILES string of the molecule is CCOCCn1c(=NC(=O)c2ccc(S(=O)(=O)N(CC)c3ccccc3)cc2)sc2cccc(Cl)c21. The van der Waals surface area contributed by atoms with Crippen molar-refractivity contribution in [3.05, 3.63) is 88.2 Å². The molecule has 0 radical (unpaired) electrons. The molecule has 36 heavy (non-hydrogen) atoms. The van der Waals surface area contributed by atoms with E-state index in [-0.39, 0.29) is 17.0 Å². The third-order valence-corrected chi connectivity index (χ3v) is 8.80. The molecule has 0 aliphatic heterocycles. The lowest BCUT2D eigenvalue weighted by Crippen LogP contribution is -2.30. The number of carbonyl (C=O) groups excluding carboxylic acids is 1. The molecule has 3 aromatic carbocycles. The van der Waals surface area contributed by atoms with Crippen molar-refractivity contribution >= 4 is 54.8 Å². The lowest BCUT2D eigenvalue weighted by Gasteiger charge is -2.22. The van der Waals surface area contributed by atoms with Gasteiger partial charge in [0.25, 0.3) is 15.9 Å². The highest BCUT2D eigenvalue weighted by atomic mass is 35.5. The quantitative estimate of drug-likeness (QED) is 0.266. The highest BCUT2D eigenvalue weighted by Gasteiger charge is 2.23. The monoisotopic (exact) mass is 543 g/mol. The Morgan fingerprint density at radius 3 is 2.42 bits per heavy atom. The number of rotatable bonds is 9. The highest BCUT2D eigenvalue weighted by Crippen LogP contribution is 2.26. The zero-order valence-corrected chi connectivity index (χ0v) is 22.3. The Morgan fingerprint density at radius 1 is 1.03 bits per heavy atom. The van der Waals surface area contributed by atoms with Crippen LogP contribution >= 0.6 is 22.9 Å². The van der Waals surface area contributed by atoms with E-state index in [4.69, 9.17) is 16.3 Å². The molecule has 0 atom stereocenters. The van der Waals surface area contributed by atoms with Crippen molar-refractivity contribution in [2.75, 3.05) is 24.1 Å². The van der Waals surface area contributed by atoms with E-state index in [2.05, 4.69) is 4.99 Å². The van der Waals surface area contributed by atoms with Crippen LogP contribution in [0.4, 0.5) is 5.69 Å². The van der Waals surface area contributed by atoms with E-state index in [0.29, 0.717) is 35.3 Å². The van der Waals surface area contributed by atoms with Crippen molar-refractivity contribution < 1.29 is 17.9 Å². The van der Waals surface area contributed by atoms with Gasteiger partial charge >= 0.3 is 0 Å². The van der Waals surface area contributed by atoms with Crippen LogP contribution in [-0.2, 0) is 21.3 Å². The van der Waals surface area contributed by atoms with Gasteiger partial charge in [-0.1, -0.05) is 47.2 Å². The van der Waals surface area contributed by atoms with Gasteiger partial charge < -0.3 is 9.30 Å². The lowest BCUT2D eigenvalue weighted by atomic mass is 10.2. The molecule has 10 heteroatoms. The minimum absolute atomic E-state index is 0.102. The van der Waals surface area contributed by atoms with Crippen LogP contribution < -0.4 is 9.11 Å². The van der Waals surface area contributed by atoms with Gasteiger partial charge in [-0.2, -0.15) is 4.99 Å². The second-order valence-electron chi connectivity index (χ2n) is 7.77. The fraction of sp³-hybridized carbons (Fsp3) is 0.231. The second-order valence-corrected chi connectivity index (χ2v) is 11.0. The van der Waals surface area contributed by atoms with E-state index >= 15 is 0 Å². The maximum Gasteiger partial charge on any atom is 0.279 e. The van der Waals surface area contributed by atoms with E-state index in [0.717, 1.165) is 10.2 Å². The minimum atomic E-state index is -3.79. The number of sulfonamides is 1. The Balaban J connectivity index is 1.66. The van der Waals surface area contributed by atoms with Gasteiger partial charge in [0.2, 0.25) is 0 Å². The van der Waals surface area contributed by atoms with Gasteiger partial charge in [-0.15, -0.1) is 0 Å². The summed E-state index contributed by atoms with van der Waals surface area (Å²) in [4.78, 5) is 18.0. The van der Waals surface area contributed by atoms with E-state index in [1.807, 2.05) is 29.7 Å². The number of aromatic nitrogens is 1. The first kappa shape index (κ1) is 26.1. The first-order valence-corrected chi connectivity index (χ1v) is 14.1. The molecule has 0 saturated carbocycles. The number of carbonyl (C=O) groups is 1. The largest absolute Gasteiger partial charge is 0.380 e. The van der Waals surface area contributed by atoms with Gasteiger partial charge in [-0.3, -0.25) is 9.10 Å². The Morgan fingerprint density at radius 2 is 1.75 bits per heavy atom. The molecule has 4 aromatic rings. The number of fused-ring (bicyclic) bond motifs is 1. The molecule has 1 aromatic heterocycles. The molecule has 0 spiro atoms. The van der Waals surface area contributed by atoms with Crippen molar-refractivity contribution in [3.8, 4) is 0 Å².